The lowest BCUT2D eigenvalue weighted by Crippen LogP contribution is -2.27. The zero-order valence-electron chi connectivity index (χ0n) is 4.53. The summed E-state index contributed by atoms with van der Waals surface area (Å²) >= 11 is 0. The van der Waals surface area contributed by atoms with E-state index in [-0.39, 0.29) is 9.90 Å². The highest BCUT2D eigenvalue weighted by atomic mass is 31.2. The van der Waals surface area contributed by atoms with E-state index in [0.29, 0.717) is 0 Å². The van der Waals surface area contributed by atoms with Gasteiger partial charge in [-0.3, -0.25) is 10.5 Å². The first-order valence-corrected chi connectivity index (χ1v) is 3.21. The Hall–Kier alpha value is -0.150. The minimum absolute atomic E-state index is 0. The first-order chi connectivity index (χ1) is 3.42. The Labute approximate surface area is 55.2 Å². The van der Waals surface area contributed by atoms with E-state index in [1.165, 1.54) is 5.09 Å². The maximum absolute atomic E-state index is 9.80. The van der Waals surface area contributed by atoms with Gasteiger partial charge < -0.3 is 15.5 Å². The molecule has 0 aliphatic heterocycles. The molecule has 1 unspecified atom stereocenters. The third-order valence-electron chi connectivity index (χ3n) is 0.266. The van der Waals surface area contributed by atoms with Crippen molar-refractivity contribution in [1.29, 1.82) is 5.41 Å². The summed E-state index contributed by atoms with van der Waals surface area (Å²) < 4.78 is 9.80. The number of guanidine groups is 1. The molecule has 0 bridgehead atoms. The Morgan fingerprint density at radius 1 is 1.67 bits per heavy atom. The van der Waals surface area contributed by atoms with E-state index in [1.807, 2.05) is 0 Å². The Kier molecular flexibility index (Phi) is 4.90. The molecule has 0 spiro atoms. The summed E-state index contributed by atoms with van der Waals surface area (Å²) in [4.78, 5) is 15.9. The van der Waals surface area contributed by atoms with Gasteiger partial charge in [-0.1, -0.05) is 0 Å². The summed E-state index contributed by atoms with van der Waals surface area (Å²) in [6.07, 6.45) is 0. The number of hydrogen-bond acceptors (Lipinski definition) is 2. The zero-order chi connectivity index (χ0) is 6.78. The largest absolute Gasteiger partial charge is 0.429 e. The molecule has 0 fully saturated rings. The van der Waals surface area contributed by atoms with Gasteiger partial charge in [0.05, 0.1) is 0 Å². The van der Waals surface area contributed by atoms with Crippen LogP contribution in [-0.4, -0.2) is 15.7 Å². The SMILES string of the molecule is N=C(N)NP(=O)(O)O.P. The fourth-order valence-electron chi connectivity index (χ4n) is 0.157. The van der Waals surface area contributed by atoms with Gasteiger partial charge in [0, 0.05) is 0 Å². The zero-order valence-corrected chi connectivity index (χ0v) is 6.84. The van der Waals surface area contributed by atoms with Crippen molar-refractivity contribution < 1.29 is 14.4 Å². The van der Waals surface area contributed by atoms with Crippen LogP contribution in [0.25, 0.3) is 0 Å². The van der Waals surface area contributed by atoms with Gasteiger partial charge in [-0.15, -0.1) is 0 Å². The standard InChI is InChI=1S/CH6N3O3P.H3P/c2-1(3)4-8(5,6)7;/h(H6,2,3,4,5,6,7);1H3. The van der Waals surface area contributed by atoms with Gasteiger partial charge in [-0.2, -0.15) is 9.90 Å². The molecule has 0 aliphatic carbocycles. The van der Waals surface area contributed by atoms with Crippen LogP contribution in [0.5, 0.6) is 0 Å². The second-order valence-electron chi connectivity index (χ2n) is 1.07. The molecule has 9 heavy (non-hydrogen) atoms. The molecule has 0 aromatic rings. The van der Waals surface area contributed by atoms with Crippen LogP contribution in [0.15, 0.2) is 0 Å². The third-order valence-corrected chi connectivity index (χ3v) is 0.798. The molecule has 0 saturated carbocycles. The van der Waals surface area contributed by atoms with Gasteiger partial charge in [0.2, 0.25) is 0 Å². The molecule has 56 valence electrons. The second kappa shape index (κ2) is 3.80. The monoisotopic (exact) mass is 173 g/mol. The average molecular weight is 173 g/mol. The molecular formula is CH9N3O3P2. The van der Waals surface area contributed by atoms with Crippen LogP contribution in [0.3, 0.4) is 0 Å². The van der Waals surface area contributed by atoms with Crippen molar-refractivity contribution in [3.8, 4) is 0 Å². The van der Waals surface area contributed by atoms with Gasteiger partial charge in [0.25, 0.3) is 0 Å². The topological polar surface area (TPSA) is 119 Å². The normalized spacial score (nSPS) is 9.56. The Morgan fingerprint density at radius 3 is 2.00 bits per heavy atom. The summed E-state index contributed by atoms with van der Waals surface area (Å²) in [5.74, 6) is -0.738. The Balaban J connectivity index is 0. The second-order valence-corrected chi connectivity index (χ2v) is 2.38. The van der Waals surface area contributed by atoms with Gasteiger partial charge in [0.15, 0.2) is 5.96 Å². The van der Waals surface area contributed by atoms with E-state index in [0.717, 1.165) is 0 Å². The van der Waals surface area contributed by atoms with Gasteiger partial charge in [0.1, 0.15) is 0 Å². The van der Waals surface area contributed by atoms with Crippen molar-refractivity contribution in [3.63, 3.8) is 0 Å². The van der Waals surface area contributed by atoms with Crippen molar-refractivity contribution in [2.45, 2.75) is 0 Å². The number of hydrogen-bond donors (Lipinski definition) is 5. The Bertz CT molecular complexity index is 140. The van der Waals surface area contributed by atoms with E-state index in [1.54, 1.807) is 0 Å². The van der Waals surface area contributed by atoms with Crippen molar-refractivity contribution in [3.05, 3.63) is 0 Å². The van der Waals surface area contributed by atoms with Crippen molar-refractivity contribution in [2.75, 3.05) is 0 Å². The maximum atomic E-state index is 9.80. The first kappa shape index (κ1) is 11.6. The molecule has 0 radical (unpaired) electrons. The molecule has 6 N–H and O–H groups in total. The molecule has 0 rings (SSSR count). The molecule has 0 heterocycles. The lowest BCUT2D eigenvalue weighted by Gasteiger charge is -2.02. The highest BCUT2D eigenvalue weighted by Gasteiger charge is 2.10. The molecule has 0 aromatic carbocycles. The highest BCUT2D eigenvalue weighted by molar-refractivity contribution is 7.50. The van der Waals surface area contributed by atoms with Crippen molar-refractivity contribution >= 4 is 23.6 Å². The summed E-state index contributed by atoms with van der Waals surface area (Å²) in [6.45, 7) is 0. The number of nitrogens with two attached hydrogens (primary N) is 1. The van der Waals surface area contributed by atoms with Gasteiger partial charge >= 0.3 is 7.75 Å². The van der Waals surface area contributed by atoms with Crippen LogP contribution in [0.4, 0.5) is 0 Å². The van der Waals surface area contributed by atoms with E-state index in [4.69, 9.17) is 15.2 Å². The molecule has 0 aliphatic rings. The van der Waals surface area contributed by atoms with E-state index in [2.05, 4.69) is 5.73 Å². The molecule has 0 amide bonds. The summed E-state index contributed by atoms with van der Waals surface area (Å²) in [5, 5.41) is 7.73. The van der Waals surface area contributed by atoms with Crippen LogP contribution >= 0.6 is 17.6 Å². The highest BCUT2D eigenvalue weighted by Crippen LogP contribution is 2.26. The summed E-state index contributed by atoms with van der Waals surface area (Å²) in [5.41, 5.74) is 4.56. The van der Waals surface area contributed by atoms with Crippen LogP contribution in [0, 0.1) is 5.41 Å². The average Bonchev–Trinajstić information content (AvgIpc) is 1.21. The Morgan fingerprint density at radius 2 is 2.00 bits per heavy atom. The molecule has 0 aromatic heterocycles. The van der Waals surface area contributed by atoms with Gasteiger partial charge in [-0.25, -0.2) is 4.57 Å². The first-order valence-electron chi connectivity index (χ1n) is 1.59. The molecule has 8 heteroatoms. The fourth-order valence-corrected chi connectivity index (χ4v) is 0.471. The van der Waals surface area contributed by atoms with Crippen molar-refractivity contribution in [2.24, 2.45) is 5.73 Å². The molecule has 6 nitrogen and oxygen atoms in total. The predicted molar refractivity (Wildman–Crippen MR) is 38.2 cm³/mol. The molecule has 0 saturated heterocycles. The van der Waals surface area contributed by atoms with Crippen LogP contribution in [0.1, 0.15) is 0 Å². The lowest BCUT2D eigenvalue weighted by atomic mass is 11.1. The molecule has 1 atom stereocenters. The van der Waals surface area contributed by atoms with Gasteiger partial charge in [-0.05, 0) is 0 Å². The van der Waals surface area contributed by atoms with E-state index >= 15 is 0 Å². The van der Waals surface area contributed by atoms with Crippen LogP contribution < -0.4 is 10.8 Å². The van der Waals surface area contributed by atoms with Crippen molar-refractivity contribution in [1.82, 2.24) is 5.09 Å². The minimum Gasteiger partial charge on any atom is -0.370 e. The third kappa shape index (κ3) is 11.4. The minimum atomic E-state index is -4.32. The quantitative estimate of drug-likeness (QED) is 0.190. The smallest absolute Gasteiger partial charge is 0.370 e. The lowest BCUT2D eigenvalue weighted by molar-refractivity contribution is 0.367. The summed E-state index contributed by atoms with van der Waals surface area (Å²) in [7, 11) is -4.32. The summed E-state index contributed by atoms with van der Waals surface area (Å²) in [6, 6.07) is 0. The van der Waals surface area contributed by atoms with Crippen LogP contribution in [0.2, 0.25) is 0 Å². The van der Waals surface area contributed by atoms with Crippen LogP contribution in [-0.2, 0) is 4.57 Å². The number of rotatable bonds is 1. The fraction of sp³-hybridized carbons (Fsp3) is 0. The van der Waals surface area contributed by atoms with E-state index in [9.17, 15) is 4.57 Å². The molecular weight excluding hydrogens is 164 g/mol. The maximum Gasteiger partial charge on any atom is 0.429 e. The number of nitrogens with one attached hydrogen (secondary N) is 2. The predicted octanol–water partition coefficient (Wildman–Crippen LogP) is -1.38. The van der Waals surface area contributed by atoms with E-state index < -0.39 is 13.7 Å².